The van der Waals surface area contributed by atoms with Crippen molar-refractivity contribution in [1.82, 2.24) is 0 Å². The Morgan fingerprint density at radius 2 is 1.90 bits per heavy atom. The standard InChI is InChI=1S/C14H15IN2O3/c1-2-19-14(18)17-11-5-3-10(4-6-11)16-9-12-7-8-13(15)20-12/h3-8,16H,2,9H2,1H3,(H,17,18). The van der Waals surface area contributed by atoms with Crippen molar-refractivity contribution in [3.05, 3.63) is 45.9 Å². The highest BCUT2D eigenvalue weighted by Crippen LogP contribution is 2.16. The second-order valence-electron chi connectivity index (χ2n) is 3.98. The molecule has 1 aromatic heterocycles. The van der Waals surface area contributed by atoms with Crippen LogP contribution < -0.4 is 10.6 Å². The van der Waals surface area contributed by atoms with Gasteiger partial charge < -0.3 is 14.5 Å². The number of hydrogen-bond donors (Lipinski definition) is 2. The summed E-state index contributed by atoms with van der Waals surface area (Å²) in [5.74, 6) is 0.878. The highest BCUT2D eigenvalue weighted by molar-refractivity contribution is 14.1. The number of nitrogens with one attached hydrogen (secondary N) is 2. The van der Waals surface area contributed by atoms with Crippen LogP contribution in [-0.4, -0.2) is 12.7 Å². The zero-order chi connectivity index (χ0) is 14.4. The van der Waals surface area contributed by atoms with E-state index in [0.717, 1.165) is 15.2 Å². The second kappa shape index (κ2) is 7.18. The summed E-state index contributed by atoms with van der Waals surface area (Å²) in [6, 6.07) is 11.2. The molecule has 106 valence electrons. The van der Waals surface area contributed by atoms with Gasteiger partial charge in [0, 0.05) is 11.4 Å². The number of ether oxygens (including phenoxy) is 1. The Morgan fingerprint density at radius 3 is 2.50 bits per heavy atom. The highest BCUT2D eigenvalue weighted by Gasteiger charge is 2.02. The van der Waals surface area contributed by atoms with Gasteiger partial charge in [-0.15, -0.1) is 0 Å². The van der Waals surface area contributed by atoms with Gasteiger partial charge in [0.05, 0.1) is 13.2 Å². The van der Waals surface area contributed by atoms with Crippen molar-refractivity contribution in [2.75, 3.05) is 17.2 Å². The number of carbonyl (C=O) groups is 1. The number of amides is 1. The summed E-state index contributed by atoms with van der Waals surface area (Å²) in [6.45, 7) is 2.74. The smallest absolute Gasteiger partial charge is 0.411 e. The highest BCUT2D eigenvalue weighted by atomic mass is 127. The molecular weight excluding hydrogens is 371 g/mol. The summed E-state index contributed by atoms with van der Waals surface area (Å²) >= 11 is 2.13. The Bertz CT molecular complexity index is 566. The first-order chi connectivity index (χ1) is 9.67. The van der Waals surface area contributed by atoms with Gasteiger partial charge in [0.15, 0.2) is 3.77 Å². The Labute approximate surface area is 130 Å². The molecule has 2 N–H and O–H groups in total. The van der Waals surface area contributed by atoms with Gasteiger partial charge in [-0.05, 0) is 65.9 Å². The predicted molar refractivity (Wildman–Crippen MR) is 85.8 cm³/mol. The molecule has 1 aromatic carbocycles. The number of anilines is 2. The monoisotopic (exact) mass is 386 g/mol. The Balaban J connectivity index is 1.86. The van der Waals surface area contributed by atoms with Gasteiger partial charge in [-0.25, -0.2) is 4.79 Å². The molecule has 0 radical (unpaired) electrons. The van der Waals surface area contributed by atoms with Crippen LogP contribution in [0.1, 0.15) is 12.7 Å². The van der Waals surface area contributed by atoms with E-state index in [0.29, 0.717) is 18.8 Å². The molecule has 2 rings (SSSR count). The van der Waals surface area contributed by atoms with Crippen molar-refractivity contribution in [2.45, 2.75) is 13.5 Å². The van der Waals surface area contributed by atoms with Gasteiger partial charge in [-0.1, -0.05) is 0 Å². The molecule has 2 aromatic rings. The summed E-state index contributed by atoms with van der Waals surface area (Å²) in [5, 5.41) is 5.88. The lowest BCUT2D eigenvalue weighted by molar-refractivity contribution is 0.168. The van der Waals surface area contributed by atoms with Gasteiger partial charge in [0.25, 0.3) is 0 Å². The molecule has 1 heterocycles. The number of hydrogen-bond acceptors (Lipinski definition) is 4. The van der Waals surface area contributed by atoms with Crippen LogP contribution in [0.4, 0.5) is 16.2 Å². The van der Waals surface area contributed by atoms with Crippen molar-refractivity contribution in [3.8, 4) is 0 Å². The van der Waals surface area contributed by atoms with Crippen LogP contribution in [0.2, 0.25) is 0 Å². The van der Waals surface area contributed by atoms with Gasteiger partial charge in [0.2, 0.25) is 0 Å². The van der Waals surface area contributed by atoms with Crippen molar-refractivity contribution in [3.63, 3.8) is 0 Å². The Kier molecular flexibility index (Phi) is 5.28. The normalized spacial score (nSPS) is 10.1. The van der Waals surface area contributed by atoms with E-state index in [2.05, 4.69) is 33.2 Å². The summed E-state index contributed by atoms with van der Waals surface area (Å²) in [7, 11) is 0. The maximum atomic E-state index is 11.2. The minimum Gasteiger partial charge on any atom is -0.454 e. The number of carbonyl (C=O) groups excluding carboxylic acids is 1. The van der Waals surface area contributed by atoms with Crippen molar-refractivity contribution >= 4 is 40.1 Å². The zero-order valence-corrected chi connectivity index (χ0v) is 13.1. The molecule has 0 saturated carbocycles. The molecule has 6 heteroatoms. The minimum atomic E-state index is -0.446. The molecule has 0 aliphatic carbocycles. The molecule has 5 nitrogen and oxygen atoms in total. The van der Waals surface area contributed by atoms with E-state index in [1.165, 1.54) is 0 Å². The van der Waals surface area contributed by atoms with Gasteiger partial charge in [-0.3, -0.25) is 5.32 Å². The minimum absolute atomic E-state index is 0.355. The number of rotatable bonds is 5. The van der Waals surface area contributed by atoms with E-state index in [1.807, 2.05) is 36.4 Å². The second-order valence-corrected chi connectivity index (χ2v) is 5.05. The van der Waals surface area contributed by atoms with Crippen molar-refractivity contribution < 1.29 is 13.9 Å². The molecule has 0 saturated heterocycles. The molecule has 0 aliphatic heterocycles. The molecule has 0 unspecified atom stereocenters. The van der Waals surface area contributed by atoms with Gasteiger partial charge in [0.1, 0.15) is 5.76 Å². The van der Waals surface area contributed by atoms with Crippen LogP contribution in [0.3, 0.4) is 0 Å². The Morgan fingerprint density at radius 1 is 1.20 bits per heavy atom. The van der Waals surface area contributed by atoms with Crippen LogP contribution in [0, 0.1) is 3.77 Å². The van der Waals surface area contributed by atoms with Gasteiger partial charge in [-0.2, -0.15) is 0 Å². The molecule has 0 bridgehead atoms. The van der Waals surface area contributed by atoms with Crippen LogP contribution in [0.15, 0.2) is 40.8 Å². The molecule has 0 atom stereocenters. The average molecular weight is 386 g/mol. The van der Waals surface area contributed by atoms with Crippen molar-refractivity contribution in [1.29, 1.82) is 0 Å². The Hall–Kier alpha value is -1.70. The fourth-order valence-corrected chi connectivity index (χ4v) is 2.05. The van der Waals surface area contributed by atoms with Crippen LogP contribution in [-0.2, 0) is 11.3 Å². The maximum Gasteiger partial charge on any atom is 0.411 e. The van der Waals surface area contributed by atoms with E-state index < -0.39 is 6.09 Å². The van der Waals surface area contributed by atoms with E-state index >= 15 is 0 Å². The van der Waals surface area contributed by atoms with E-state index in [9.17, 15) is 4.79 Å². The van der Waals surface area contributed by atoms with Crippen LogP contribution in [0.5, 0.6) is 0 Å². The third-order valence-electron chi connectivity index (χ3n) is 2.50. The molecule has 0 fully saturated rings. The molecular formula is C14H15IN2O3. The third kappa shape index (κ3) is 4.44. The quantitative estimate of drug-likeness (QED) is 0.761. The summed E-state index contributed by atoms with van der Waals surface area (Å²) in [5.41, 5.74) is 1.65. The molecule has 20 heavy (non-hydrogen) atoms. The topological polar surface area (TPSA) is 63.5 Å². The zero-order valence-electron chi connectivity index (χ0n) is 11.0. The van der Waals surface area contributed by atoms with Gasteiger partial charge >= 0.3 is 6.09 Å². The maximum absolute atomic E-state index is 11.2. The number of benzene rings is 1. The largest absolute Gasteiger partial charge is 0.454 e. The summed E-state index contributed by atoms with van der Waals surface area (Å²) in [4.78, 5) is 11.2. The fraction of sp³-hybridized carbons (Fsp3) is 0.214. The lowest BCUT2D eigenvalue weighted by atomic mass is 10.2. The lowest BCUT2D eigenvalue weighted by Crippen LogP contribution is -2.13. The predicted octanol–water partition coefficient (Wildman–Crippen LogP) is 4.06. The molecule has 0 spiro atoms. The first kappa shape index (κ1) is 14.7. The number of furan rings is 1. The van der Waals surface area contributed by atoms with Crippen molar-refractivity contribution in [2.24, 2.45) is 0 Å². The molecule has 1 amide bonds. The lowest BCUT2D eigenvalue weighted by Gasteiger charge is -2.07. The SMILES string of the molecule is CCOC(=O)Nc1ccc(NCc2ccc(I)o2)cc1. The van der Waals surface area contributed by atoms with Crippen LogP contribution >= 0.6 is 22.6 Å². The van der Waals surface area contributed by atoms with E-state index in [4.69, 9.17) is 9.15 Å². The number of halogens is 1. The van der Waals surface area contributed by atoms with Crippen LogP contribution in [0.25, 0.3) is 0 Å². The average Bonchev–Trinajstić information content (AvgIpc) is 2.84. The summed E-state index contributed by atoms with van der Waals surface area (Å²) in [6.07, 6.45) is -0.446. The first-order valence-electron chi connectivity index (χ1n) is 6.19. The van der Waals surface area contributed by atoms with E-state index in [1.54, 1.807) is 6.92 Å². The molecule has 0 aliphatic rings. The fourth-order valence-electron chi connectivity index (χ4n) is 1.59. The first-order valence-corrected chi connectivity index (χ1v) is 7.27. The van der Waals surface area contributed by atoms with E-state index in [-0.39, 0.29) is 0 Å². The summed E-state index contributed by atoms with van der Waals surface area (Å²) < 4.78 is 11.1. The third-order valence-corrected chi connectivity index (χ3v) is 3.08.